The van der Waals surface area contributed by atoms with Crippen LogP contribution >= 0.6 is 0 Å². The Kier molecular flexibility index (Phi) is 3.79. The third kappa shape index (κ3) is 2.53. The molecule has 0 radical (unpaired) electrons. The van der Waals surface area contributed by atoms with E-state index in [0.29, 0.717) is 18.6 Å². The normalized spacial score (nSPS) is 25.8. The largest absolute Gasteiger partial charge is 0.497 e. The third-order valence-electron chi connectivity index (χ3n) is 4.46. The van der Waals surface area contributed by atoms with Crippen LogP contribution < -0.4 is 4.74 Å². The van der Waals surface area contributed by atoms with Crippen molar-refractivity contribution in [3.63, 3.8) is 0 Å². The van der Waals surface area contributed by atoms with Crippen LogP contribution in [-0.4, -0.2) is 20.3 Å². The van der Waals surface area contributed by atoms with Crippen molar-refractivity contribution in [3.05, 3.63) is 24.3 Å². The Morgan fingerprint density at radius 3 is 2.14 bits per heavy atom. The van der Waals surface area contributed by atoms with Gasteiger partial charge in [0.25, 0.3) is 0 Å². The van der Waals surface area contributed by atoms with Crippen LogP contribution in [0.5, 0.6) is 5.75 Å². The highest BCUT2D eigenvalue weighted by atomic mass is 32.2. The summed E-state index contributed by atoms with van der Waals surface area (Å²) in [7, 11) is -2.12. The van der Waals surface area contributed by atoms with Gasteiger partial charge in [0, 0.05) is 0 Å². The first-order valence-electron chi connectivity index (χ1n) is 6.96. The van der Waals surface area contributed by atoms with Crippen molar-refractivity contribution in [2.75, 3.05) is 7.11 Å². The zero-order valence-corrected chi connectivity index (χ0v) is 13.7. The molecule has 1 aromatic carbocycles. The van der Waals surface area contributed by atoms with Crippen LogP contribution in [-0.2, 0) is 9.84 Å². The van der Waals surface area contributed by atoms with Crippen LogP contribution in [0.25, 0.3) is 0 Å². The summed E-state index contributed by atoms with van der Waals surface area (Å²) in [6.45, 7) is 6.25. The topological polar surface area (TPSA) is 67.2 Å². The van der Waals surface area contributed by atoms with Gasteiger partial charge in [-0.25, -0.2) is 8.42 Å². The molecule has 1 aliphatic carbocycles. The molecular formula is C16H21NO3S. The van der Waals surface area contributed by atoms with Gasteiger partial charge < -0.3 is 4.74 Å². The number of benzene rings is 1. The number of nitriles is 1. The molecule has 5 heteroatoms. The molecule has 0 atom stereocenters. The average Bonchev–Trinajstić information content (AvgIpc) is 2.36. The van der Waals surface area contributed by atoms with E-state index >= 15 is 0 Å². The Bertz CT molecular complexity index is 657. The van der Waals surface area contributed by atoms with Gasteiger partial charge >= 0.3 is 0 Å². The lowest BCUT2D eigenvalue weighted by Gasteiger charge is -2.48. The minimum absolute atomic E-state index is 0.0236. The molecule has 21 heavy (non-hydrogen) atoms. The van der Waals surface area contributed by atoms with Gasteiger partial charge in [-0.05, 0) is 48.4 Å². The van der Waals surface area contributed by atoms with E-state index in [1.54, 1.807) is 12.1 Å². The molecule has 0 spiro atoms. The Balaban J connectivity index is 2.32. The first-order valence-corrected chi connectivity index (χ1v) is 8.44. The highest BCUT2D eigenvalue weighted by Crippen LogP contribution is 2.52. The minimum atomic E-state index is -3.65. The highest BCUT2D eigenvalue weighted by Gasteiger charge is 2.57. The van der Waals surface area contributed by atoms with Gasteiger partial charge in [-0.1, -0.05) is 20.8 Å². The summed E-state index contributed by atoms with van der Waals surface area (Å²) in [5.41, 5.74) is 0.0236. The molecule has 1 saturated carbocycles. The summed E-state index contributed by atoms with van der Waals surface area (Å²) in [5.74, 6) is 0.853. The highest BCUT2D eigenvalue weighted by molar-refractivity contribution is 7.93. The van der Waals surface area contributed by atoms with Crippen molar-refractivity contribution in [2.45, 2.75) is 43.3 Å². The molecule has 0 aliphatic heterocycles. The van der Waals surface area contributed by atoms with Gasteiger partial charge in [0.05, 0.1) is 18.1 Å². The smallest absolute Gasteiger partial charge is 0.197 e. The van der Waals surface area contributed by atoms with E-state index in [0.717, 1.165) is 0 Å². The molecule has 0 heterocycles. The number of hydrogen-bond acceptors (Lipinski definition) is 4. The Morgan fingerprint density at radius 1 is 1.24 bits per heavy atom. The molecule has 114 valence electrons. The van der Waals surface area contributed by atoms with Crippen LogP contribution in [0.3, 0.4) is 0 Å². The van der Waals surface area contributed by atoms with Gasteiger partial charge in [-0.15, -0.1) is 0 Å². The van der Waals surface area contributed by atoms with Crippen LogP contribution in [0, 0.1) is 22.7 Å². The predicted octanol–water partition coefficient (Wildman–Crippen LogP) is 3.19. The summed E-state index contributed by atoms with van der Waals surface area (Å²) in [6, 6.07) is 8.31. The summed E-state index contributed by atoms with van der Waals surface area (Å²) >= 11 is 0. The van der Waals surface area contributed by atoms with Crippen molar-refractivity contribution in [1.82, 2.24) is 0 Å². The molecule has 0 aromatic heterocycles. The van der Waals surface area contributed by atoms with E-state index in [1.807, 2.05) is 0 Å². The van der Waals surface area contributed by atoms with Crippen molar-refractivity contribution in [1.29, 1.82) is 5.26 Å². The van der Waals surface area contributed by atoms with Crippen molar-refractivity contribution < 1.29 is 13.2 Å². The van der Waals surface area contributed by atoms with Crippen molar-refractivity contribution in [3.8, 4) is 11.8 Å². The lowest BCUT2D eigenvalue weighted by molar-refractivity contribution is 0.117. The average molecular weight is 307 g/mol. The number of nitrogens with zero attached hydrogens (tertiary/aromatic N) is 1. The molecule has 1 aliphatic rings. The maximum Gasteiger partial charge on any atom is 0.197 e. The SMILES string of the molecule is COc1ccc(S(=O)(=O)C2(C#N)CC(C(C)(C)C)C2)cc1. The second-order valence-corrected chi connectivity index (χ2v) is 9.02. The molecule has 0 unspecified atom stereocenters. The molecule has 2 rings (SSSR count). The quantitative estimate of drug-likeness (QED) is 0.860. The standard InChI is InChI=1S/C16H21NO3S/c1-15(2,3)12-9-16(10-12,11-17)21(18,19)14-7-5-13(20-4)6-8-14/h5-8,12H,9-10H2,1-4H3. The number of methoxy groups -OCH3 is 1. The van der Waals surface area contributed by atoms with Gasteiger partial charge in [-0.3, -0.25) is 0 Å². The first kappa shape index (κ1) is 15.8. The van der Waals surface area contributed by atoms with Gasteiger partial charge in [-0.2, -0.15) is 5.26 Å². The molecule has 0 bridgehead atoms. The van der Waals surface area contributed by atoms with E-state index < -0.39 is 14.6 Å². The van der Waals surface area contributed by atoms with Crippen molar-refractivity contribution >= 4 is 9.84 Å². The predicted molar refractivity (Wildman–Crippen MR) is 80.7 cm³/mol. The van der Waals surface area contributed by atoms with Crippen molar-refractivity contribution in [2.24, 2.45) is 11.3 Å². The second-order valence-electron chi connectivity index (χ2n) is 6.76. The molecule has 4 nitrogen and oxygen atoms in total. The van der Waals surface area contributed by atoms with Crippen LogP contribution in [0.15, 0.2) is 29.2 Å². The third-order valence-corrected chi connectivity index (χ3v) is 6.81. The second kappa shape index (κ2) is 5.03. The molecule has 0 N–H and O–H groups in total. The fourth-order valence-electron chi connectivity index (χ4n) is 2.70. The fourth-order valence-corrected chi connectivity index (χ4v) is 4.61. The van der Waals surface area contributed by atoms with Crippen LogP contribution in [0.1, 0.15) is 33.6 Å². The number of sulfone groups is 1. The molecule has 1 aromatic rings. The summed E-state index contributed by atoms with van der Waals surface area (Å²) < 4.78 is 29.3. The minimum Gasteiger partial charge on any atom is -0.497 e. The fraction of sp³-hybridized carbons (Fsp3) is 0.562. The Morgan fingerprint density at radius 2 is 1.76 bits per heavy atom. The summed E-state index contributed by atoms with van der Waals surface area (Å²) in [4.78, 5) is 0.192. The summed E-state index contributed by atoms with van der Waals surface area (Å²) in [5, 5.41) is 9.46. The van der Waals surface area contributed by atoms with Gasteiger partial charge in [0.1, 0.15) is 5.75 Å². The maximum absolute atomic E-state index is 12.8. The van der Waals surface area contributed by atoms with E-state index in [4.69, 9.17) is 4.74 Å². The lowest BCUT2D eigenvalue weighted by Crippen LogP contribution is -2.52. The van der Waals surface area contributed by atoms with E-state index in [-0.39, 0.29) is 16.2 Å². The Hall–Kier alpha value is -1.54. The zero-order chi connectivity index (χ0) is 15.9. The molecule has 0 amide bonds. The molecule has 0 saturated heterocycles. The number of ether oxygens (including phenoxy) is 1. The summed E-state index contributed by atoms with van der Waals surface area (Å²) in [6.07, 6.45) is 0.808. The van der Waals surface area contributed by atoms with E-state index in [9.17, 15) is 13.7 Å². The first-order chi connectivity index (χ1) is 9.66. The molecular weight excluding hydrogens is 286 g/mol. The lowest BCUT2D eigenvalue weighted by atomic mass is 9.63. The number of rotatable bonds is 3. The van der Waals surface area contributed by atoms with E-state index in [2.05, 4.69) is 26.8 Å². The monoisotopic (exact) mass is 307 g/mol. The maximum atomic E-state index is 12.8. The Labute approximate surface area is 126 Å². The van der Waals surface area contributed by atoms with Gasteiger partial charge in [0.15, 0.2) is 14.6 Å². The van der Waals surface area contributed by atoms with Gasteiger partial charge in [0.2, 0.25) is 0 Å². The van der Waals surface area contributed by atoms with Crippen LogP contribution in [0.4, 0.5) is 0 Å². The molecule has 1 fully saturated rings. The van der Waals surface area contributed by atoms with Crippen LogP contribution in [0.2, 0.25) is 0 Å². The van der Waals surface area contributed by atoms with E-state index in [1.165, 1.54) is 19.2 Å². The number of hydrogen-bond donors (Lipinski definition) is 0. The zero-order valence-electron chi connectivity index (χ0n) is 12.9.